The predicted octanol–water partition coefficient (Wildman–Crippen LogP) is 2.68. The SMILES string of the molecule is Cc1nc2ccc(NCC3(CN)CCC3)cc2o1. The van der Waals surface area contributed by atoms with Crippen LogP contribution in [0.4, 0.5) is 5.69 Å². The number of fused-ring (bicyclic) bond motifs is 1. The molecule has 1 aromatic heterocycles. The number of rotatable bonds is 4. The Bertz CT molecular complexity index is 552. The fourth-order valence-electron chi connectivity index (χ4n) is 2.57. The largest absolute Gasteiger partial charge is 0.441 e. The minimum Gasteiger partial charge on any atom is -0.441 e. The van der Waals surface area contributed by atoms with Crippen molar-refractivity contribution in [2.45, 2.75) is 26.2 Å². The van der Waals surface area contributed by atoms with Gasteiger partial charge in [-0.05, 0) is 36.9 Å². The van der Waals surface area contributed by atoms with Gasteiger partial charge in [0.1, 0.15) is 5.52 Å². The average Bonchev–Trinajstić information content (AvgIpc) is 2.67. The molecule has 18 heavy (non-hydrogen) atoms. The fourth-order valence-corrected chi connectivity index (χ4v) is 2.57. The third-order valence-electron chi connectivity index (χ3n) is 4.01. The van der Waals surface area contributed by atoms with E-state index in [4.69, 9.17) is 10.2 Å². The van der Waals surface area contributed by atoms with E-state index in [-0.39, 0.29) is 0 Å². The third-order valence-corrected chi connectivity index (χ3v) is 4.01. The van der Waals surface area contributed by atoms with Crippen molar-refractivity contribution in [1.29, 1.82) is 0 Å². The van der Waals surface area contributed by atoms with Crippen molar-refractivity contribution in [3.05, 3.63) is 24.1 Å². The van der Waals surface area contributed by atoms with E-state index in [9.17, 15) is 0 Å². The molecule has 0 radical (unpaired) electrons. The Labute approximate surface area is 107 Å². The van der Waals surface area contributed by atoms with Gasteiger partial charge in [-0.25, -0.2) is 4.98 Å². The summed E-state index contributed by atoms with van der Waals surface area (Å²) in [5.41, 5.74) is 9.00. The minimum atomic E-state index is 0.312. The van der Waals surface area contributed by atoms with Crippen molar-refractivity contribution in [3.8, 4) is 0 Å². The number of hydrogen-bond acceptors (Lipinski definition) is 4. The van der Waals surface area contributed by atoms with Crippen molar-refractivity contribution in [3.63, 3.8) is 0 Å². The molecule has 0 amide bonds. The molecule has 96 valence electrons. The van der Waals surface area contributed by atoms with Crippen molar-refractivity contribution in [1.82, 2.24) is 4.98 Å². The van der Waals surface area contributed by atoms with Gasteiger partial charge in [0.25, 0.3) is 0 Å². The molecule has 1 saturated carbocycles. The van der Waals surface area contributed by atoms with Crippen molar-refractivity contribution in [2.75, 3.05) is 18.4 Å². The van der Waals surface area contributed by atoms with Crippen LogP contribution in [-0.4, -0.2) is 18.1 Å². The molecule has 1 fully saturated rings. The third kappa shape index (κ3) is 1.97. The number of aromatic nitrogens is 1. The van der Waals surface area contributed by atoms with Gasteiger partial charge in [0.2, 0.25) is 0 Å². The molecule has 1 heterocycles. The monoisotopic (exact) mass is 245 g/mol. The first-order valence-corrected chi connectivity index (χ1v) is 6.52. The van der Waals surface area contributed by atoms with E-state index in [1.165, 1.54) is 19.3 Å². The second kappa shape index (κ2) is 4.28. The number of nitrogens with one attached hydrogen (secondary N) is 1. The Hall–Kier alpha value is -1.55. The maximum absolute atomic E-state index is 5.86. The van der Waals surface area contributed by atoms with E-state index >= 15 is 0 Å². The zero-order valence-corrected chi connectivity index (χ0v) is 10.7. The number of aryl methyl sites for hydroxylation is 1. The summed E-state index contributed by atoms with van der Waals surface area (Å²) >= 11 is 0. The smallest absolute Gasteiger partial charge is 0.192 e. The lowest BCUT2D eigenvalue weighted by Crippen LogP contribution is -2.42. The first-order valence-electron chi connectivity index (χ1n) is 6.52. The maximum Gasteiger partial charge on any atom is 0.192 e. The van der Waals surface area contributed by atoms with E-state index in [1.807, 2.05) is 25.1 Å². The van der Waals surface area contributed by atoms with Crippen LogP contribution in [0.2, 0.25) is 0 Å². The molecule has 1 aromatic carbocycles. The minimum absolute atomic E-state index is 0.312. The van der Waals surface area contributed by atoms with Crippen LogP contribution in [0, 0.1) is 12.3 Å². The number of hydrogen-bond donors (Lipinski definition) is 2. The molecule has 0 saturated heterocycles. The van der Waals surface area contributed by atoms with Gasteiger partial charge in [-0.15, -0.1) is 0 Å². The highest BCUT2D eigenvalue weighted by atomic mass is 16.3. The summed E-state index contributed by atoms with van der Waals surface area (Å²) in [6, 6.07) is 6.05. The molecule has 0 spiro atoms. The maximum atomic E-state index is 5.86. The van der Waals surface area contributed by atoms with E-state index in [2.05, 4.69) is 10.3 Å². The number of anilines is 1. The van der Waals surface area contributed by atoms with E-state index < -0.39 is 0 Å². The van der Waals surface area contributed by atoms with Gasteiger partial charge in [-0.3, -0.25) is 0 Å². The van der Waals surface area contributed by atoms with Crippen LogP contribution in [-0.2, 0) is 0 Å². The molecule has 4 heteroatoms. The highest BCUT2D eigenvalue weighted by molar-refractivity contribution is 5.77. The predicted molar refractivity (Wildman–Crippen MR) is 72.6 cm³/mol. The summed E-state index contributed by atoms with van der Waals surface area (Å²) in [6.07, 6.45) is 3.78. The second-order valence-electron chi connectivity index (χ2n) is 5.33. The van der Waals surface area contributed by atoms with Gasteiger partial charge in [0, 0.05) is 25.2 Å². The second-order valence-corrected chi connectivity index (χ2v) is 5.33. The molecular weight excluding hydrogens is 226 g/mol. The Kier molecular flexibility index (Phi) is 2.74. The normalized spacial score (nSPS) is 17.7. The van der Waals surface area contributed by atoms with E-state index in [0.717, 1.165) is 29.9 Å². The van der Waals surface area contributed by atoms with Crippen LogP contribution >= 0.6 is 0 Å². The summed E-state index contributed by atoms with van der Waals surface area (Å²) in [7, 11) is 0. The Morgan fingerprint density at radius 2 is 2.28 bits per heavy atom. The lowest BCUT2D eigenvalue weighted by molar-refractivity contribution is 0.163. The van der Waals surface area contributed by atoms with Crippen LogP contribution in [0.5, 0.6) is 0 Å². The molecule has 3 N–H and O–H groups in total. The van der Waals surface area contributed by atoms with Gasteiger partial charge in [-0.2, -0.15) is 0 Å². The summed E-state index contributed by atoms with van der Waals surface area (Å²) in [5, 5.41) is 3.47. The van der Waals surface area contributed by atoms with Crippen molar-refractivity contribution < 1.29 is 4.42 Å². The van der Waals surface area contributed by atoms with Crippen molar-refractivity contribution >= 4 is 16.8 Å². The van der Waals surface area contributed by atoms with Crippen LogP contribution in [0.3, 0.4) is 0 Å². The summed E-state index contributed by atoms with van der Waals surface area (Å²) in [6.45, 7) is 3.58. The van der Waals surface area contributed by atoms with Gasteiger partial charge in [-0.1, -0.05) is 6.42 Å². The molecule has 0 unspecified atom stereocenters. The summed E-state index contributed by atoms with van der Waals surface area (Å²) < 4.78 is 5.53. The van der Waals surface area contributed by atoms with Crippen molar-refractivity contribution in [2.24, 2.45) is 11.1 Å². The molecule has 2 aromatic rings. The number of oxazole rings is 1. The molecule has 4 nitrogen and oxygen atoms in total. The lowest BCUT2D eigenvalue weighted by Gasteiger charge is -2.41. The van der Waals surface area contributed by atoms with Crippen LogP contribution in [0.1, 0.15) is 25.2 Å². The molecule has 0 atom stereocenters. The van der Waals surface area contributed by atoms with Gasteiger partial charge >= 0.3 is 0 Å². The van der Waals surface area contributed by atoms with Crippen LogP contribution < -0.4 is 11.1 Å². The Morgan fingerprint density at radius 1 is 1.44 bits per heavy atom. The first kappa shape index (κ1) is 11.5. The average molecular weight is 245 g/mol. The zero-order valence-electron chi connectivity index (χ0n) is 10.7. The molecule has 0 aliphatic heterocycles. The lowest BCUT2D eigenvalue weighted by atomic mass is 9.69. The first-order chi connectivity index (χ1) is 8.71. The van der Waals surface area contributed by atoms with Gasteiger partial charge in [0.05, 0.1) is 0 Å². The number of nitrogens with two attached hydrogens (primary N) is 1. The fraction of sp³-hybridized carbons (Fsp3) is 0.500. The number of benzene rings is 1. The Morgan fingerprint density at radius 3 is 2.94 bits per heavy atom. The summed E-state index contributed by atoms with van der Waals surface area (Å²) in [5.74, 6) is 0.708. The highest BCUT2D eigenvalue weighted by Crippen LogP contribution is 2.39. The van der Waals surface area contributed by atoms with E-state index in [0.29, 0.717) is 11.3 Å². The molecule has 3 rings (SSSR count). The standard InChI is InChI=1S/C14H19N3O/c1-10-17-12-4-3-11(7-13(12)18-10)16-9-14(8-15)5-2-6-14/h3-4,7,16H,2,5-6,8-9,15H2,1H3. The quantitative estimate of drug-likeness (QED) is 0.869. The molecule has 1 aliphatic carbocycles. The van der Waals surface area contributed by atoms with Crippen LogP contribution in [0.25, 0.3) is 11.1 Å². The molecular formula is C14H19N3O. The topological polar surface area (TPSA) is 64.1 Å². The van der Waals surface area contributed by atoms with Gasteiger partial charge < -0.3 is 15.5 Å². The molecule has 1 aliphatic rings. The van der Waals surface area contributed by atoms with E-state index in [1.54, 1.807) is 0 Å². The van der Waals surface area contributed by atoms with Crippen LogP contribution in [0.15, 0.2) is 22.6 Å². The molecule has 0 bridgehead atoms. The zero-order chi connectivity index (χ0) is 12.6. The van der Waals surface area contributed by atoms with Gasteiger partial charge in [0.15, 0.2) is 11.5 Å². The Balaban J connectivity index is 1.74. The highest BCUT2D eigenvalue weighted by Gasteiger charge is 2.35. The number of nitrogens with zero attached hydrogens (tertiary/aromatic N) is 1. The summed E-state index contributed by atoms with van der Waals surface area (Å²) in [4.78, 5) is 4.29.